The number of carbonyl (C=O) groups is 2. The third-order valence-corrected chi connectivity index (χ3v) is 3.57. The standard InChI is InChI=1S/C19H19F3N2O4/c1-27-15-6-8-16(9-7-15)28-11-10-23-17(25)12-18(26)24-14-4-2-13(3-5-14)19(20,21)22/h2-9H,10-12H2,1H3,(H,23,25)(H,24,26). The third kappa shape index (κ3) is 6.82. The van der Waals surface area contributed by atoms with Gasteiger partial charge in [0.15, 0.2) is 0 Å². The Morgan fingerprint density at radius 1 is 0.929 bits per heavy atom. The first kappa shape index (κ1) is 21.1. The molecule has 0 radical (unpaired) electrons. The number of amides is 2. The minimum absolute atomic E-state index is 0.175. The fourth-order valence-electron chi connectivity index (χ4n) is 2.19. The summed E-state index contributed by atoms with van der Waals surface area (Å²) in [5, 5.41) is 4.89. The Morgan fingerprint density at radius 2 is 1.54 bits per heavy atom. The summed E-state index contributed by atoms with van der Waals surface area (Å²) in [5.41, 5.74) is -0.645. The van der Waals surface area contributed by atoms with Crippen molar-refractivity contribution >= 4 is 17.5 Å². The maximum absolute atomic E-state index is 12.5. The van der Waals surface area contributed by atoms with Gasteiger partial charge >= 0.3 is 6.18 Å². The Kier molecular flexibility index (Phi) is 7.25. The van der Waals surface area contributed by atoms with E-state index in [4.69, 9.17) is 9.47 Å². The molecule has 0 fully saturated rings. The largest absolute Gasteiger partial charge is 0.497 e. The Morgan fingerprint density at radius 3 is 2.11 bits per heavy atom. The van der Waals surface area contributed by atoms with Gasteiger partial charge in [-0.1, -0.05) is 0 Å². The van der Waals surface area contributed by atoms with E-state index in [1.54, 1.807) is 31.4 Å². The molecule has 150 valence electrons. The topological polar surface area (TPSA) is 76.7 Å². The highest BCUT2D eigenvalue weighted by atomic mass is 19.4. The Hall–Kier alpha value is -3.23. The molecule has 0 unspecified atom stereocenters. The minimum Gasteiger partial charge on any atom is -0.497 e. The van der Waals surface area contributed by atoms with E-state index in [9.17, 15) is 22.8 Å². The van der Waals surface area contributed by atoms with Crippen LogP contribution in [0, 0.1) is 0 Å². The van der Waals surface area contributed by atoms with E-state index < -0.39 is 30.0 Å². The van der Waals surface area contributed by atoms with Crippen molar-refractivity contribution < 1.29 is 32.2 Å². The van der Waals surface area contributed by atoms with Gasteiger partial charge in [-0.25, -0.2) is 0 Å². The van der Waals surface area contributed by atoms with Crippen molar-refractivity contribution in [3.05, 3.63) is 54.1 Å². The molecule has 0 aliphatic carbocycles. The molecule has 28 heavy (non-hydrogen) atoms. The van der Waals surface area contributed by atoms with E-state index in [1.165, 1.54) is 0 Å². The molecule has 2 amide bonds. The number of alkyl halides is 3. The maximum atomic E-state index is 12.5. The highest BCUT2D eigenvalue weighted by Crippen LogP contribution is 2.29. The Bertz CT molecular complexity index is 790. The highest BCUT2D eigenvalue weighted by molar-refractivity contribution is 6.03. The van der Waals surface area contributed by atoms with Gasteiger partial charge in [-0.05, 0) is 48.5 Å². The molecule has 0 saturated heterocycles. The molecular weight excluding hydrogens is 377 g/mol. The number of ether oxygens (including phenoxy) is 2. The normalized spacial score (nSPS) is 10.9. The molecular formula is C19H19F3N2O4. The monoisotopic (exact) mass is 396 g/mol. The smallest absolute Gasteiger partial charge is 0.416 e. The van der Waals surface area contributed by atoms with E-state index >= 15 is 0 Å². The molecule has 9 heteroatoms. The molecule has 0 atom stereocenters. The van der Waals surface area contributed by atoms with Gasteiger partial charge in [0, 0.05) is 5.69 Å². The number of rotatable bonds is 8. The van der Waals surface area contributed by atoms with Gasteiger partial charge in [0.25, 0.3) is 0 Å². The van der Waals surface area contributed by atoms with Crippen LogP contribution in [0.3, 0.4) is 0 Å². The zero-order valence-corrected chi connectivity index (χ0v) is 15.0. The fraction of sp³-hybridized carbons (Fsp3) is 0.263. The summed E-state index contributed by atoms with van der Waals surface area (Å²) in [7, 11) is 1.55. The molecule has 2 N–H and O–H groups in total. The van der Waals surface area contributed by atoms with Crippen LogP contribution in [0.25, 0.3) is 0 Å². The molecule has 0 bridgehead atoms. The summed E-state index contributed by atoms with van der Waals surface area (Å²) in [6, 6.07) is 10.9. The predicted molar refractivity (Wildman–Crippen MR) is 96.2 cm³/mol. The lowest BCUT2D eigenvalue weighted by Crippen LogP contribution is -2.31. The number of anilines is 1. The zero-order valence-electron chi connectivity index (χ0n) is 15.0. The lowest BCUT2D eigenvalue weighted by molar-refractivity contribution is -0.137. The zero-order chi connectivity index (χ0) is 20.6. The van der Waals surface area contributed by atoms with Gasteiger partial charge in [-0.3, -0.25) is 9.59 Å². The number of hydrogen-bond donors (Lipinski definition) is 2. The second-order valence-corrected chi connectivity index (χ2v) is 5.67. The van der Waals surface area contributed by atoms with Gasteiger partial charge in [-0.2, -0.15) is 13.2 Å². The number of hydrogen-bond acceptors (Lipinski definition) is 4. The van der Waals surface area contributed by atoms with Gasteiger partial charge < -0.3 is 20.1 Å². The summed E-state index contributed by atoms with van der Waals surface area (Å²) in [6.07, 6.45) is -4.90. The maximum Gasteiger partial charge on any atom is 0.416 e. The molecule has 0 aliphatic heterocycles. The predicted octanol–water partition coefficient (Wildman–Crippen LogP) is 3.24. The molecule has 0 heterocycles. The first-order chi connectivity index (χ1) is 13.3. The van der Waals surface area contributed by atoms with Crippen molar-refractivity contribution in [2.45, 2.75) is 12.6 Å². The van der Waals surface area contributed by atoms with Crippen LogP contribution < -0.4 is 20.1 Å². The quantitative estimate of drug-likeness (QED) is 0.531. The van der Waals surface area contributed by atoms with Gasteiger partial charge in [0.05, 0.1) is 19.2 Å². The molecule has 0 saturated carbocycles. The van der Waals surface area contributed by atoms with E-state index in [0.717, 1.165) is 24.3 Å². The van der Waals surface area contributed by atoms with Crippen molar-refractivity contribution in [3.63, 3.8) is 0 Å². The molecule has 0 spiro atoms. The molecule has 6 nitrogen and oxygen atoms in total. The minimum atomic E-state index is -4.45. The van der Waals surface area contributed by atoms with Crippen molar-refractivity contribution in [1.82, 2.24) is 5.32 Å². The van der Waals surface area contributed by atoms with Crippen LogP contribution in [0.2, 0.25) is 0 Å². The van der Waals surface area contributed by atoms with Crippen LogP contribution in [0.5, 0.6) is 11.5 Å². The fourth-order valence-corrected chi connectivity index (χ4v) is 2.19. The van der Waals surface area contributed by atoms with E-state index in [-0.39, 0.29) is 18.8 Å². The number of halogens is 3. The first-order valence-corrected chi connectivity index (χ1v) is 8.28. The summed E-state index contributed by atoms with van der Waals surface area (Å²) in [6.45, 7) is 0.400. The van der Waals surface area contributed by atoms with Crippen molar-refractivity contribution in [2.75, 3.05) is 25.6 Å². The van der Waals surface area contributed by atoms with Gasteiger partial charge in [-0.15, -0.1) is 0 Å². The summed E-state index contributed by atoms with van der Waals surface area (Å²) in [4.78, 5) is 23.5. The van der Waals surface area contributed by atoms with Crippen LogP contribution in [-0.4, -0.2) is 32.1 Å². The van der Waals surface area contributed by atoms with E-state index in [0.29, 0.717) is 11.5 Å². The lowest BCUT2D eigenvalue weighted by Gasteiger charge is -2.10. The highest BCUT2D eigenvalue weighted by Gasteiger charge is 2.30. The van der Waals surface area contributed by atoms with E-state index in [1.807, 2.05) is 0 Å². The Labute approximate surface area is 159 Å². The van der Waals surface area contributed by atoms with Crippen LogP contribution >= 0.6 is 0 Å². The molecule has 2 aromatic carbocycles. The molecule has 2 rings (SSSR count). The van der Waals surface area contributed by atoms with Crippen LogP contribution in [-0.2, 0) is 15.8 Å². The van der Waals surface area contributed by atoms with Crippen LogP contribution in [0.1, 0.15) is 12.0 Å². The number of nitrogens with one attached hydrogen (secondary N) is 2. The average Bonchev–Trinajstić information content (AvgIpc) is 2.65. The van der Waals surface area contributed by atoms with Gasteiger partial charge in [0.2, 0.25) is 11.8 Å². The summed E-state index contributed by atoms with van der Waals surface area (Å²) >= 11 is 0. The summed E-state index contributed by atoms with van der Waals surface area (Å²) in [5.74, 6) is 0.144. The second-order valence-electron chi connectivity index (χ2n) is 5.67. The van der Waals surface area contributed by atoms with Crippen molar-refractivity contribution in [1.29, 1.82) is 0 Å². The number of methoxy groups -OCH3 is 1. The summed E-state index contributed by atoms with van der Waals surface area (Å²) < 4.78 is 47.9. The van der Waals surface area contributed by atoms with E-state index in [2.05, 4.69) is 10.6 Å². The van der Waals surface area contributed by atoms with Crippen molar-refractivity contribution in [2.24, 2.45) is 0 Å². The second kappa shape index (κ2) is 9.63. The molecule has 2 aromatic rings. The van der Waals surface area contributed by atoms with Crippen LogP contribution in [0.15, 0.2) is 48.5 Å². The number of benzene rings is 2. The number of carbonyl (C=O) groups excluding carboxylic acids is 2. The lowest BCUT2D eigenvalue weighted by atomic mass is 10.2. The van der Waals surface area contributed by atoms with Crippen molar-refractivity contribution in [3.8, 4) is 11.5 Å². The Balaban J connectivity index is 1.68. The third-order valence-electron chi connectivity index (χ3n) is 3.57. The first-order valence-electron chi connectivity index (χ1n) is 8.28. The average molecular weight is 396 g/mol. The van der Waals surface area contributed by atoms with Crippen LogP contribution in [0.4, 0.5) is 18.9 Å². The molecule has 0 aromatic heterocycles. The SMILES string of the molecule is COc1ccc(OCCNC(=O)CC(=O)Nc2ccc(C(F)(F)F)cc2)cc1. The van der Waals surface area contributed by atoms with Gasteiger partial charge in [0.1, 0.15) is 24.5 Å². The molecule has 0 aliphatic rings.